The molecule has 0 fully saturated rings. The largest absolute Gasteiger partial charge is 0.419 e. The Hall–Kier alpha value is -4.06. The van der Waals surface area contributed by atoms with E-state index in [1.165, 1.54) is 24.5 Å². The lowest BCUT2D eigenvalue weighted by Crippen LogP contribution is -2.16. The maximum Gasteiger partial charge on any atom is 0.419 e. The van der Waals surface area contributed by atoms with Crippen molar-refractivity contribution in [1.29, 1.82) is 0 Å². The molecule has 1 aromatic carbocycles. The molecule has 4 aromatic rings. The van der Waals surface area contributed by atoms with E-state index in [0.29, 0.717) is 28.8 Å². The number of halogens is 5. The third-order valence-electron chi connectivity index (χ3n) is 4.78. The quantitative estimate of drug-likeness (QED) is 0.282. The minimum absolute atomic E-state index is 0.0556. The Balaban J connectivity index is 1.42. The second kappa shape index (κ2) is 9.66. The highest BCUT2D eigenvalue weighted by Gasteiger charge is 2.34. The van der Waals surface area contributed by atoms with Crippen LogP contribution < -0.4 is 10.6 Å². The van der Waals surface area contributed by atoms with Crippen molar-refractivity contribution in [2.24, 2.45) is 7.05 Å². The predicted octanol–water partition coefficient (Wildman–Crippen LogP) is 5.01. The molecule has 0 aliphatic rings. The Kier molecular flexibility index (Phi) is 6.65. The van der Waals surface area contributed by atoms with Crippen molar-refractivity contribution in [2.45, 2.75) is 12.6 Å². The average molecular weight is 506 g/mol. The van der Waals surface area contributed by atoms with Gasteiger partial charge in [0.05, 0.1) is 35.8 Å². The summed E-state index contributed by atoms with van der Waals surface area (Å²) in [6.07, 6.45) is 2.24. The van der Waals surface area contributed by atoms with Crippen LogP contribution in [-0.2, 0) is 24.4 Å². The van der Waals surface area contributed by atoms with Crippen LogP contribution in [0, 0.1) is 5.82 Å². The fourth-order valence-corrected chi connectivity index (χ4v) is 3.33. The zero-order valence-electron chi connectivity index (χ0n) is 17.9. The molecule has 1 amide bonds. The molecule has 3 heterocycles. The van der Waals surface area contributed by atoms with Crippen LogP contribution in [-0.4, -0.2) is 30.6 Å². The van der Waals surface area contributed by atoms with Crippen molar-refractivity contribution < 1.29 is 22.4 Å². The van der Waals surface area contributed by atoms with Gasteiger partial charge in [-0.15, -0.1) is 0 Å². The molecule has 0 saturated carbocycles. The van der Waals surface area contributed by atoms with Crippen LogP contribution in [0.15, 0.2) is 55.2 Å². The molecule has 180 valence electrons. The van der Waals surface area contributed by atoms with Crippen LogP contribution in [0.3, 0.4) is 0 Å². The standard InChI is InChI=1S/C22H16ClF4N7O/c1-34-11-16(10-31-34)33-21-29-7-14(8-30-21)12-2-3-13(18(24)4-12)5-19(35)32-15-6-17(22(25,26)27)20(23)28-9-15/h2-4,6-11H,5H2,1H3,(H,32,35)(H,29,30,33). The van der Waals surface area contributed by atoms with E-state index >= 15 is 0 Å². The number of nitrogens with zero attached hydrogens (tertiary/aromatic N) is 5. The van der Waals surface area contributed by atoms with Gasteiger partial charge in [0, 0.05) is 31.2 Å². The molecule has 0 spiro atoms. The Bertz CT molecular complexity index is 1370. The number of amides is 1. The molecule has 2 N–H and O–H groups in total. The maximum atomic E-state index is 14.7. The van der Waals surface area contributed by atoms with Crippen molar-refractivity contribution in [3.63, 3.8) is 0 Å². The fraction of sp³-hybridized carbons (Fsp3) is 0.136. The van der Waals surface area contributed by atoms with Gasteiger partial charge in [-0.1, -0.05) is 23.7 Å². The van der Waals surface area contributed by atoms with Gasteiger partial charge in [0.1, 0.15) is 11.0 Å². The predicted molar refractivity (Wildman–Crippen MR) is 120 cm³/mol. The van der Waals surface area contributed by atoms with Crippen molar-refractivity contribution >= 4 is 34.8 Å². The molecule has 8 nitrogen and oxygen atoms in total. The summed E-state index contributed by atoms with van der Waals surface area (Å²) in [5.41, 5.74) is 0.398. The Morgan fingerprint density at radius 2 is 1.77 bits per heavy atom. The minimum Gasteiger partial charge on any atom is -0.324 e. The van der Waals surface area contributed by atoms with E-state index in [1.807, 2.05) is 0 Å². The first-order chi connectivity index (χ1) is 16.6. The van der Waals surface area contributed by atoms with Crippen LogP contribution in [0.4, 0.5) is 34.9 Å². The summed E-state index contributed by atoms with van der Waals surface area (Å²) in [7, 11) is 1.77. The molecule has 4 rings (SSSR count). The van der Waals surface area contributed by atoms with E-state index in [1.54, 1.807) is 30.2 Å². The average Bonchev–Trinajstić information content (AvgIpc) is 3.20. The number of carbonyl (C=O) groups excluding carboxylic acids is 1. The number of carbonyl (C=O) groups is 1. The van der Waals surface area contributed by atoms with Crippen molar-refractivity contribution in [3.8, 4) is 11.1 Å². The molecule has 0 aliphatic heterocycles. The molecule has 35 heavy (non-hydrogen) atoms. The molecule has 0 bridgehead atoms. The number of rotatable bonds is 6. The van der Waals surface area contributed by atoms with Gasteiger partial charge in [0.2, 0.25) is 11.9 Å². The zero-order chi connectivity index (χ0) is 25.2. The lowest BCUT2D eigenvalue weighted by Gasteiger charge is -2.11. The Morgan fingerprint density at radius 1 is 1.03 bits per heavy atom. The Morgan fingerprint density at radius 3 is 2.40 bits per heavy atom. The topological polar surface area (TPSA) is 97.6 Å². The number of anilines is 3. The smallest absolute Gasteiger partial charge is 0.324 e. The molecule has 13 heteroatoms. The van der Waals surface area contributed by atoms with Gasteiger partial charge < -0.3 is 10.6 Å². The lowest BCUT2D eigenvalue weighted by atomic mass is 10.0. The minimum atomic E-state index is -4.73. The van der Waals surface area contributed by atoms with Crippen LogP contribution in [0.5, 0.6) is 0 Å². The van der Waals surface area contributed by atoms with Crippen molar-refractivity contribution in [1.82, 2.24) is 24.7 Å². The highest BCUT2D eigenvalue weighted by Crippen LogP contribution is 2.35. The van der Waals surface area contributed by atoms with Gasteiger partial charge in [-0.25, -0.2) is 19.3 Å². The van der Waals surface area contributed by atoms with Crippen LogP contribution >= 0.6 is 11.6 Å². The van der Waals surface area contributed by atoms with E-state index in [4.69, 9.17) is 11.6 Å². The van der Waals surface area contributed by atoms with Gasteiger partial charge in [-0.2, -0.15) is 18.3 Å². The molecule has 3 aromatic heterocycles. The van der Waals surface area contributed by atoms with Crippen molar-refractivity contribution in [3.05, 3.63) is 77.3 Å². The summed E-state index contributed by atoms with van der Waals surface area (Å²) in [6, 6.07) is 4.89. The third kappa shape index (κ3) is 5.90. The number of benzene rings is 1. The first kappa shape index (κ1) is 24.1. The first-order valence-corrected chi connectivity index (χ1v) is 10.4. The highest BCUT2D eigenvalue weighted by molar-refractivity contribution is 6.30. The number of aryl methyl sites for hydroxylation is 1. The van der Waals surface area contributed by atoms with E-state index < -0.39 is 35.0 Å². The molecule has 0 radical (unpaired) electrons. The maximum absolute atomic E-state index is 14.7. The van der Waals surface area contributed by atoms with E-state index in [0.717, 1.165) is 6.20 Å². The van der Waals surface area contributed by atoms with Gasteiger partial charge in [0.25, 0.3) is 0 Å². The molecule has 0 aliphatic carbocycles. The third-order valence-corrected chi connectivity index (χ3v) is 5.08. The van der Waals surface area contributed by atoms with Crippen molar-refractivity contribution in [2.75, 3.05) is 10.6 Å². The van der Waals surface area contributed by atoms with Crippen LogP contribution in [0.1, 0.15) is 11.1 Å². The highest BCUT2D eigenvalue weighted by atomic mass is 35.5. The van der Waals surface area contributed by atoms with Crippen LogP contribution in [0.25, 0.3) is 11.1 Å². The number of nitrogens with one attached hydrogen (secondary N) is 2. The molecule has 0 saturated heterocycles. The van der Waals surface area contributed by atoms with Crippen LogP contribution in [0.2, 0.25) is 5.15 Å². The summed E-state index contributed by atoms with van der Waals surface area (Å²) in [5.74, 6) is -1.05. The number of aromatic nitrogens is 5. The number of alkyl halides is 3. The summed E-state index contributed by atoms with van der Waals surface area (Å²) >= 11 is 5.47. The zero-order valence-corrected chi connectivity index (χ0v) is 18.7. The van der Waals surface area contributed by atoms with Gasteiger partial charge in [-0.05, 0) is 23.3 Å². The van der Waals surface area contributed by atoms with E-state index in [9.17, 15) is 22.4 Å². The Labute approximate surface area is 201 Å². The number of hydrogen-bond donors (Lipinski definition) is 2. The molecular formula is C22H16ClF4N7O. The van der Waals surface area contributed by atoms with E-state index in [2.05, 4.69) is 30.7 Å². The summed E-state index contributed by atoms with van der Waals surface area (Å²) in [6.45, 7) is 0. The van der Waals surface area contributed by atoms with Gasteiger partial charge >= 0.3 is 6.18 Å². The SMILES string of the molecule is Cn1cc(Nc2ncc(-c3ccc(CC(=O)Nc4cnc(Cl)c(C(F)(F)F)c4)c(F)c3)cn2)cn1. The fourth-order valence-electron chi connectivity index (χ4n) is 3.12. The summed E-state index contributed by atoms with van der Waals surface area (Å²) < 4.78 is 55.2. The normalized spacial score (nSPS) is 11.4. The second-order valence-electron chi connectivity index (χ2n) is 7.41. The summed E-state index contributed by atoms with van der Waals surface area (Å²) in [4.78, 5) is 24.1. The lowest BCUT2D eigenvalue weighted by molar-refractivity contribution is -0.137. The van der Waals surface area contributed by atoms with Gasteiger partial charge in [-0.3, -0.25) is 9.48 Å². The first-order valence-electron chi connectivity index (χ1n) is 9.97. The monoisotopic (exact) mass is 505 g/mol. The van der Waals surface area contributed by atoms with E-state index in [-0.39, 0.29) is 11.3 Å². The molecule has 0 unspecified atom stereocenters. The van der Waals surface area contributed by atoms with Gasteiger partial charge in [0.15, 0.2) is 0 Å². The second-order valence-corrected chi connectivity index (χ2v) is 7.77. The molecule has 0 atom stereocenters. The summed E-state index contributed by atoms with van der Waals surface area (Å²) in [5, 5.41) is 8.55. The number of hydrogen-bond acceptors (Lipinski definition) is 6. The molecular weight excluding hydrogens is 490 g/mol. The number of pyridine rings is 1.